The highest BCUT2D eigenvalue weighted by atomic mass is 32.2. The average molecular weight is 383 g/mol. The van der Waals surface area contributed by atoms with Gasteiger partial charge in [-0.15, -0.1) is 16.9 Å². The van der Waals surface area contributed by atoms with E-state index >= 15 is 0 Å². The number of hydrogen-bond donors (Lipinski definition) is 1. The van der Waals surface area contributed by atoms with E-state index in [-0.39, 0.29) is 5.91 Å². The zero-order valence-corrected chi connectivity index (χ0v) is 15.7. The summed E-state index contributed by atoms with van der Waals surface area (Å²) in [5.41, 5.74) is 1.78. The maximum absolute atomic E-state index is 12.2. The van der Waals surface area contributed by atoms with E-state index in [1.165, 1.54) is 24.6 Å². The van der Waals surface area contributed by atoms with Crippen LogP contribution in [-0.2, 0) is 10.5 Å². The lowest BCUT2D eigenvalue weighted by atomic mass is 10.2. The third-order valence-electron chi connectivity index (χ3n) is 4.65. The molecule has 1 aliphatic carbocycles. The van der Waals surface area contributed by atoms with Crippen LogP contribution in [0.1, 0.15) is 37.5 Å². The first-order valence-electron chi connectivity index (χ1n) is 9.02. The number of anilines is 1. The lowest BCUT2D eigenvalue weighted by molar-refractivity contribution is -0.113. The second-order valence-corrected chi connectivity index (χ2v) is 7.52. The number of nitrogens with one attached hydrogen (secondary N) is 1. The molecule has 9 heteroatoms. The van der Waals surface area contributed by atoms with Crippen molar-refractivity contribution in [1.82, 2.24) is 29.8 Å². The summed E-state index contributed by atoms with van der Waals surface area (Å²) in [7, 11) is 0. The van der Waals surface area contributed by atoms with Crippen molar-refractivity contribution in [3.63, 3.8) is 0 Å². The summed E-state index contributed by atoms with van der Waals surface area (Å²) in [4.78, 5) is 16.2. The molecule has 0 spiro atoms. The normalized spacial score (nSPS) is 14.5. The highest BCUT2D eigenvalue weighted by molar-refractivity contribution is 7.99. The van der Waals surface area contributed by atoms with Crippen molar-refractivity contribution < 1.29 is 4.79 Å². The van der Waals surface area contributed by atoms with Gasteiger partial charge in [-0.05, 0) is 47.5 Å². The summed E-state index contributed by atoms with van der Waals surface area (Å²) < 4.78 is 3.85. The molecule has 27 heavy (non-hydrogen) atoms. The number of nitrogens with zero attached hydrogens (tertiary/aromatic N) is 6. The molecule has 4 rings (SSSR count). The molecule has 1 aromatic carbocycles. The highest BCUT2D eigenvalue weighted by Crippen LogP contribution is 2.29. The smallest absolute Gasteiger partial charge is 0.234 e. The summed E-state index contributed by atoms with van der Waals surface area (Å²) in [6.45, 7) is 0. The highest BCUT2D eigenvalue weighted by Gasteiger charge is 2.21. The van der Waals surface area contributed by atoms with Crippen molar-refractivity contribution in [2.45, 2.75) is 37.5 Å². The maximum atomic E-state index is 12.2. The van der Waals surface area contributed by atoms with Crippen molar-refractivity contribution in [2.75, 3.05) is 11.1 Å². The first kappa shape index (κ1) is 17.7. The van der Waals surface area contributed by atoms with Crippen molar-refractivity contribution in [3.8, 4) is 5.69 Å². The molecule has 0 radical (unpaired) electrons. The molecule has 0 unspecified atom stereocenters. The van der Waals surface area contributed by atoms with Crippen LogP contribution in [0, 0.1) is 0 Å². The van der Waals surface area contributed by atoms with Crippen LogP contribution < -0.4 is 5.32 Å². The molecule has 1 fully saturated rings. The molecule has 0 atom stereocenters. The summed E-state index contributed by atoms with van der Waals surface area (Å²) in [6, 6.07) is 8.08. The molecule has 0 aliphatic heterocycles. The first-order chi connectivity index (χ1) is 13.3. The first-order valence-corrected chi connectivity index (χ1v) is 10.2. The van der Waals surface area contributed by atoms with Crippen molar-refractivity contribution in [3.05, 3.63) is 48.8 Å². The predicted octanol–water partition coefficient (Wildman–Crippen LogP) is 2.85. The monoisotopic (exact) mass is 383 g/mol. The minimum atomic E-state index is -0.0322. The Morgan fingerprint density at radius 2 is 2.04 bits per heavy atom. The number of aromatic nitrogens is 6. The zero-order valence-electron chi connectivity index (χ0n) is 14.9. The summed E-state index contributed by atoms with van der Waals surface area (Å²) in [5.74, 6) is 1.82. The summed E-state index contributed by atoms with van der Waals surface area (Å²) in [6.07, 6.45) is 10.1. The van der Waals surface area contributed by atoms with Crippen LogP contribution >= 0.6 is 11.8 Å². The molecule has 2 aromatic heterocycles. The molecule has 3 aromatic rings. The molecule has 1 aliphatic rings. The lowest BCUT2D eigenvalue weighted by Crippen LogP contribution is -2.15. The lowest BCUT2D eigenvalue weighted by Gasteiger charge is -2.11. The molecule has 140 valence electrons. The summed E-state index contributed by atoms with van der Waals surface area (Å²) >= 11 is 1.52. The van der Waals surface area contributed by atoms with E-state index in [1.807, 2.05) is 39.7 Å². The largest absolute Gasteiger partial charge is 0.325 e. The Labute approximate surface area is 161 Å². The van der Waals surface area contributed by atoms with E-state index in [0.29, 0.717) is 17.5 Å². The number of carbonyl (C=O) groups is 1. The van der Waals surface area contributed by atoms with Gasteiger partial charge in [0.2, 0.25) is 5.91 Å². The van der Waals surface area contributed by atoms with Crippen LogP contribution in [0.2, 0.25) is 0 Å². The van der Waals surface area contributed by atoms with Gasteiger partial charge in [0.05, 0.1) is 23.9 Å². The number of benzene rings is 1. The van der Waals surface area contributed by atoms with Crippen LogP contribution in [-0.4, -0.2) is 41.4 Å². The van der Waals surface area contributed by atoms with Gasteiger partial charge in [0.1, 0.15) is 0 Å². The molecule has 2 heterocycles. The molecule has 1 saturated carbocycles. The van der Waals surface area contributed by atoms with E-state index in [1.54, 1.807) is 12.5 Å². The number of amides is 1. The molecule has 0 saturated heterocycles. The average Bonchev–Trinajstić information content (AvgIpc) is 3.44. The number of thioether (sulfide) groups is 1. The molecule has 8 nitrogen and oxygen atoms in total. The van der Waals surface area contributed by atoms with E-state index in [9.17, 15) is 4.79 Å². The Balaban J connectivity index is 1.26. The molecule has 0 bridgehead atoms. The Morgan fingerprint density at radius 3 is 2.78 bits per heavy atom. The van der Waals surface area contributed by atoms with Crippen LogP contribution in [0.4, 0.5) is 5.69 Å². The number of tetrazole rings is 1. The van der Waals surface area contributed by atoms with Gasteiger partial charge in [0.25, 0.3) is 0 Å². The van der Waals surface area contributed by atoms with Crippen LogP contribution in [0.5, 0.6) is 0 Å². The fraction of sp³-hybridized carbons (Fsp3) is 0.389. The third kappa shape index (κ3) is 4.36. The second-order valence-electron chi connectivity index (χ2n) is 6.54. The Morgan fingerprint density at radius 1 is 1.22 bits per heavy atom. The molecule has 1 N–H and O–H groups in total. The van der Waals surface area contributed by atoms with Gasteiger partial charge in [-0.25, -0.2) is 9.67 Å². The predicted molar refractivity (Wildman–Crippen MR) is 104 cm³/mol. The molecular formula is C18H21N7OS. The quantitative estimate of drug-likeness (QED) is 0.675. The standard InChI is InChI=1S/C18H21N7OS/c26-18(20-14-5-7-15(8-6-14)24-10-9-19-13-24)12-27-11-17-21-22-23-25(17)16-3-1-2-4-16/h5-10,13,16H,1-4,11-12H2,(H,20,26). The number of carbonyl (C=O) groups excluding carboxylic acids is 1. The van der Waals surface area contributed by atoms with Crippen molar-refractivity contribution in [1.29, 1.82) is 0 Å². The Kier molecular flexibility index (Phi) is 5.47. The van der Waals surface area contributed by atoms with Gasteiger partial charge in [-0.3, -0.25) is 4.79 Å². The fourth-order valence-electron chi connectivity index (χ4n) is 3.30. The van der Waals surface area contributed by atoms with E-state index in [2.05, 4.69) is 25.8 Å². The second kappa shape index (κ2) is 8.34. The third-order valence-corrected chi connectivity index (χ3v) is 5.58. The van der Waals surface area contributed by atoms with Gasteiger partial charge in [-0.1, -0.05) is 12.8 Å². The molecule has 1 amide bonds. The minimum Gasteiger partial charge on any atom is -0.325 e. The summed E-state index contributed by atoms with van der Waals surface area (Å²) in [5, 5.41) is 15.0. The van der Waals surface area contributed by atoms with Gasteiger partial charge in [0, 0.05) is 23.8 Å². The topological polar surface area (TPSA) is 90.5 Å². The fourth-order valence-corrected chi connectivity index (χ4v) is 4.03. The van der Waals surface area contributed by atoms with Crippen molar-refractivity contribution in [2.24, 2.45) is 0 Å². The van der Waals surface area contributed by atoms with Gasteiger partial charge in [0.15, 0.2) is 5.82 Å². The Bertz CT molecular complexity index is 870. The zero-order chi connectivity index (χ0) is 18.5. The van der Waals surface area contributed by atoms with E-state index in [4.69, 9.17) is 0 Å². The van der Waals surface area contributed by atoms with E-state index in [0.717, 1.165) is 30.0 Å². The van der Waals surface area contributed by atoms with Gasteiger partial charge < -0.3 is 9.88 Å². The number of rotatable bonds is 7. The van der Waals surface area contributed by atoms with Crippen molar-refractivity contribution >= 4 is 23.4 Å². The van der Waals surface area contributed by atoms with Gasteiger partial charge in [-0.2, -0.15) is 0 Å². The number of hydrogen-bond acceptors (Lipinski definition) is 6. The molecular weight excluding hydrogens is 362 g/mol. The maximum Gasteiger partial charge on any atom is 0.234 e. The van der Waals surface area contributed by atoms with Gasteiger partial charge >= 0.3 is 0 Å². The Hall–Kier alpha value is -2.68. The number of imidazole rings is 1. The SMILES string of the molecule is O=C(CSCc1nnnn1C1CCCC1)Nc1ccc(-n2ccnc2)cc1. The van der Waals surface area contributed by atoms with E-state index < -0.39 is 0 Å². The van der Waals surface area contributed by atoms with Crippen LogP contribution in [0.3, 0.4) is 0 Å². The van der Waals surface area contributed by atoms with Crippen LogP contribution in [0.25, 0.3) is 5.69 Å². The minimum absolute atomic E-state index is 0.0322. The van der Waals surface area contributed by atoms with Crippen LogP contribution in [0.15, 0.2) is 43.0 Å².